The van der Waals surface area contributed by atoms with Gasteiger partial charge in [0.2, 0.25) is 0 Å². The van der Waals surface area contributed by atoms with Crippen molar-refractivity contribution in [1.82, 2.24) is 4.90 Å². The Morgan fingerprint density at radius 1 is 1.14 bits per heavy atom. The van der Waals surface area contributed by atoms with Crippen molar-refractivity contribution < 1.29 is 4.42 Å². The highest BCUT2D eigenvalue weighted by Gasteiger charge is 2.15. The number of thiocarbonyl (C=S) groups is 1. The van der Waals surface area contributed by atoms with Crippen LogP contribution >= 0.6 is 24.0 Å². The van der Waals surface area contributed by atoms with Crippen LogP contribution in [0.4, 0.5) is 0 Å². The third-order valence-electron chi connectivity index (χ3n) is 3.67. The van der Waals surface area contributed by atoms with Crippen molar-refractivity contribution in [3.8, 4) is 0 Å². The number of nitrogens with zero attached hydrogens (tertiary/aromatic N) is 1. The van der Waals surface area contributed by atoms with E-state index in [1.807, 2.05) is 24.3 Å². The second kappa shape index (κ2) is 6.62. The summed E-state index contributed by atoms with van der Waals surface area (Å²) in [5.41, 5.74) is 0.309. The van der Waals surface area contributed by atoms with Crippen LogP contribution in [0.2, 0.25) is 0 Å². The largest absolute Gasteiger partial charge is 0.422 e. The monoisotopic (exact) mass is 319 g/mol. The second-order valence-electron chi connectivity index (χ2n) is 5.21. The van der Waals surface area contributed by atoms with E-state index < -0.39 is 0 Å². The molecule has 0 radical (unpaired) electrons. The van der Waals surface area contributed by atoms with Crippen LogP contribution in [0.5, 0.6) is 0 Å². The molecule has 0 bridgehead atoms. The maximum absolute atomic E-state index is 12.1. The molecule has 21 heavy (non-hydrogen) atoms. The quantitative estimate of drug-likeness (QED) is 0.450. The van der Waals surface area contributed by atoms with Crippen LogP contribution in [0.15, 0.2) is 44.4 Å². The Morgan fingerprint density at radius 3 is 2.62 bits per heavy atom. The van der Waals surface area contributed by atoms with Gasteiger partial charge >= 0.3 is 5.63 Å². The van der Waals surface area contributed by atoms with E-state index in [4.69, 9.17) is 16.6 Å². The number of benzene rings is 1. The van der Waals surface area contributed by atoms with Gasteiger partial charge in [-0.05, 0) is 25.0 Å². The average Bonchev–Trinajstić information content (AvgIpc) is 2.77. The van der Waals surface area contributed by atoms with Gasteiger partial charge in [-0.1, -0.05) is 55.0 Å². The van der Waals surface area contributed by atoms with Gasteiger partial charge in [-0.2, -0.15) is 0 Å². The highest BCUT2D eigenvalue weighted by Crippen LogP contribution is 2.24. The Labute approximate surface area is 133 Å². The zero-order chi connectivity index (χ0) is 14.7. The summed E-state index contributed by atoms with van der Waals surface area (Å²) in [4.78, 5) is 14.8. The van der Waals surface area contributed by atoms with Gasteiger partial charge in [-0.25, -0.2) is 4.79 Å². The summed E-state index contributed by atoms with van der Waals surface area (Å²) in [5, 5.41) is 0.929. The molecule has 1 fully saturated rings. The summed E-state index contributed by atoms with van der Waals surface area (Å²) in [6.45, 7) is 1.98. The standard InChI is InChI=1S/C16H17NO2S2/c18-15-14(11-12-7-3-4-8-13(12)19-15)21-16(20)17-9-5-1-2-6-10-17/h3-4,7-8,11H,1-2,5-6,9-10H2. The molecule has 0 spiro atoms. The lowest BCUT2D eigenvalue weighted by Gasteiger charge is -2.22. The van der Waals surface area contributed by atoms with Crippen molar-refractivity contribution in [3.05, 3.63) is 40.8 Å². The van der Waals surface area contributed by atoms with Gasteiger partial charge < -0.3 is 9.32 Å². The molecule has 3 rings (SSSR count). The number of hydrogen-bond acceptors (Lipinski definition) is 4. The van der Waals surface area contributed by atoms with Gasteiger partial charge in [-0.15, -0.1) is 0 Å². The first-order valence-corrected chi connectivity index (χ1v) is 8.46. The maximum Gasteiger partial charge on any atom is 0.350 e. The molecule has 2 heterocycles. The van der Waals surface area contributed by atoms with Crippen molar-refractivity contribution in [1.29, 1.82) is 0 Å². The lowest BCUT2D eigenvalue weighted by Crippen LogP contribution is -2.28. The molecule has 0 atom stereocenters. The smallest absolute Gasteiger partial charge is 0.350 e. The molecule has 2 aromatic rings. The molecule has 1 aromatic carbocycles. The van der Waals surface area contributed by atoms with Crippen LogP contribution in [0.1, 0.15) is 25.7 Å². The van der Waals surface area contributed by atoms with Crippen molar-refractivity contribution in [2.75, 3.05) is 13.1 Å². The summed E-state index contributed by atoms with van der Waals surface area (Å²) in [6, 6.07) is 9.41. The molecule has 0 N–H and O–H groups in total. The van der Waals surface area contributed by atoms with Crippen LogP contribution < -0.4 is 5.63 Å². The minimum absolute atomic E-state index is 0.309. The molecule has 0 amide bonds. The molecule has 1 aliphatic rings. The summed E-state index contributed by atoms with van der Waals surface area (Å²) < 4.78 is 6.13. The van der Waals surface area contributed by atoms with Crippen LogP contribution in [0, 0.1) is 0 Å². The van der Waals surface area contributed by atoms with Crippen molar-refractivity contribution in [2.24, 2.45) is 0 Å². The van der Waals surface area contributed by atoms with E-state index in [-0.39, 0.29) is 5.63 Å². The van der Waals surface area contributed by atoms with Gasteiger partial charge in [0.25, 0.3) is 0 Å². The summed E-state index contributed by atoms with van der Waals surface area (Å²) in [6.07, 6.45) is 4.88. The van der Waals surface area contributed by atoms with Crippen LogP contribution in [0.3, 0.4) is 0 Å². The number of fused-ring (bicyclic) bond motifs is 1. The van der Waals surface area contributed by atoms with E-state index in [0.717, 1.165) is 22.8 Å². The first-order chi connectivity index (χ1) is 10.2. The first-order valence-electron chi connectivity index (χ1n) is 7.24. The van der Waals surface area contributed by atoms with Gasteiger partial charge in [0.15, 0.2) is 0 Å². The molecule has 0 saturated carbocycles. The summed E-state index contributed by atoms with van der Waals surface area (Å²) in [5.74, 6) is 0. The van der Waals surface area contributed by atoms with Gasteiger partial charge in [-0.3, -0.25) is 0 Å². The van der Waals surface area contributed by atoms with Crippen molar-refractivity contribution in [2.45, 2.75) is 30.6 Å². The zero-order valence-corrected chi connectivity index (χ0v) is 13.3. The molecule has 1 aliphatic heterocycles. The van der Waals surface area contributed by atoms with E-state index in [9.17, 15) is 4.79 Å². The number of para-hydroxylation sites is 1. The third kappa shape index (κ3) is 3.47. The SMILES string of the molecule is O=c1oc2ccccc2cc1SC(=S)N1CCCCCC1. The van der Waals surface area contributed by atoms with Crippen LogP contribution in [-0.2, 0) is 0 Å². The number of thioether (sulfide) groups is 1. The van der Waals surface area contributed by atoms with E-state index in [1.54, 1.807) is 6.07 Å². The maximum atomic E-state index is 12.1. The predicted octanol–water partition coefficient (Wildman–Crippen LogP) is 4.05. The van der Waals surface area contributed by atoms with Crippen molar-refractivity contribution in [3.63, 3.8) is 0 Å². The predicted molar refractivity (Wildman–Crippen MR) is 91.0 cm³/mol. The van der Waals surface area contributed by atoms with E-state index in [1.165, 1.54) is 37.4 Å². The van der Waals surface area contributed by atoms with Gasteiger partial charge in [0, 0.05) is 18.5 Å². The molecular formula is C16H17NO2S2. The lowest BCUT2D eigenvalue weighted by molar-refractivity contribution is 0.450. The Hall–Kier alpha value is -1.33. The second-order valence-corrected chi connectivity index (χ2v) is 6.88. The number of hydrogen-bond donors (Lipinski definition) is 0. The molecule has 110 valence electrons. The van der Waals surface area contributed by atoms with Crippen LogP contribution in [0.25, 0.3) is 11.0 Å². The number of likely N-dealkylation sites (tertiary alicyclic amines) is 1. The molecular weight excluding hydrogens is 302 g/mol. The minimum Gasteiger partial charge on any atom is -0.422 e. The van der Waals surface area contributed by atoms with Gasteiger partial charge in [0.1, 0.15) is 14.8 Å². The Balaban J connectivity index is 1.82. The topological polar surface area (TPSA) is 33.5 Å². The fraction of sp³-hybridized carbons (Fsp3) is 0.375. The lowest BCUT2D eigenvalue weighted by atomic mass is 10.2. The van der Waals surface area contributed by atoms with Gasteiger partial charge in [0.05, 0.1) is 0 Å². The molecule has 3 nitrogen and oxygen atoms in total. The van der Waals surface area contributed by atoms with E-state index in [2.05, 4.69) is 4.90 Å². The summed E-state index contributed by atoms with van der Waals surface area (Å²) in [7, 11) is 0. The highest BCUT2D eigenvalue weighted by atomic mass is 32.2. The molecule has 0 aliphatic carbocycles. The third-order valence-corrected chi connectivity index (χ3v) is 5.12. The molecule has 5 heteroatoms. The fourth-order valence-corrected chi connectivity index (χ4v) is 3.79. The van der Waals surface area contributed by atoms with Crippen molar-refractivity contribution >= 4 is 39.3 Å². The Kier molecular flexibility index (Phi) is 4.60. The number of rotatable bonds is 1. The highest BCUT2D eigenvalue weighted by molar-refractivity contribution is 8.22. The Morgan fingerprint density at radius 2 is 1.86 bits per heavy atom. The fourth-order valence-electron chi connectivity index (χ4n) is 2.53. The Bertz CT molecular complexity index is 703. The molecule has 1 aromatic heterocycles. The first kappa shape index (κ1) is 14.6. The normalized spacial score (nSPS) is 15.9. The molecule has 0 unspecified atom stereocenters. The summed E-state index contributed by atoms with van der Waals surface area (Å²) >= 11 is 6.86. The zero-order valence-electron chi connectivity index (χ0n) is 11.7. The average molecular weight is 319 g/mol. The minimum atomic E-state index is -0.309. The van der Waals surface area contributed by atoms with E-state index >= 15 is 0 Å². The van der Waals surface area contributed by atoms with Crippen LogP contribution in [-0.4, -0.2) is 22.3 Å². The molecule has 1 saturated heterocycles. The van der Waals surface area contributed by atoms with E-state index in [0.29, 0.717) is 10.5 Å².